The van der Waals surface area contributed by atoms with E-state index in [1.54, 1.807) is 0 Å². The Labute approximate surface area is 149 Å². The summed E-state index contributed by atoms with van der Waals surface area (Å²) in [5.41, 5.74) is 5.05. The Morgan fingerprint density at radius 2 is 1.19 bits per heavy atom. The van der Waals surface area contributed by atoms with Crippen molar-refractivity contribution in [1.29, 1.82) is 0 Å². The van der Waals surface area contributed by atoms with Crippen LogP contribution in [0.15, 0.2) is 24.3 Å². The third-order valence-corrected chi connectivity index (χ3v) is 3.06. The van der Waals surface area contributed by atoms with Gasteiger partial charge in [-0.15, -0.1) is 0 Å². The normalized spacial score (nSPS) is 9.62. The first-order valence-corrected chi connectivity index (χ1v) is 7.57. The number of hydrogen-bond donors (Lipinski definition) is 5. The summed E-state index contributed by atoms with van der Waals surface area (Å²) in [6.45, 7) is 0.000926. The minimum atomic E-state index is -1.06. The fourth-order valence-electron chi connectivity index (χ4n) is 1.75. The third kappa shape index (κ3) is 9.35. The summed E-state index contributed by atoms with van der Waals surface area (Å²) in [6, 6.07) is 5.02. The van der Waals surface area contributed by atoms with Gasteiger partial charge in [-0.2, -0.15) is 0 Å². The molecule has 6 N–H and O–H groups in total. The molecule has 0 aliphatic carbocycles. The fourth-order valence-corrected chi connectivity index (χ4v) is 1.75. The minimum absolute atomic E-state index is 0.00775. The van der Waals surface area contributed by atoms with Crippen LogP contribution in [0.2, 0.25) is 0 Å². The van der Waals surface area contributed by atoms with E-state index in [0.29, 0.717) is 0 Å². The lowest BCUT2D eigenvalue weighted by atomic mass is 10.1. The van der Waals surface area contributed by atoms with Crippen molar-refractivity contribution in [2.45, 2.75) is 12.8 Å². The van der Waals surface area contributed by atoms with Crippen LogP contribution < -0.4 is 5.73 Å². The predicted octanol–water partition coefficient (Wildman–Crippen LogP) is -0.852. The average molecular weight is 370 g/mol. The molecule has 0 heterocycles. The first-order chi connectivity index (χ1) is 12.2. The van der Waals surface area contributed by atoms with Crippen molar-refractivity contribution in [3.05, 3.63) is 35.4 Å². The number of benzene rings is 1. The second kappa shape index (κ2) is 12.4. The minimum Gasteiger partial charge on any atom is -0.478 e. The number of aliphatic hydroxyl groups excluding tert-OH is 2. The van der Waals surface area contributed by atoms with Gasteiger partial charge in [-0.1, -0.05) is 0 Å². The number of nitrogens with zero attached hydrogens (tertiary/aromatic N) is 1. The van der Waals surface area contributed by atoms with Crippen LogP contribution in [0.1, 0.15) is 33.6 Å². The fraction of sp³-hybridized carbons (Fsp3) is 0.375. The lowest BCUT2D eigenvalue weighted by Crippen LogP contribution is -2.36. The van der Waals surface area contributed by atoms with E-state index in [0.717, 1.165) is 0 Å². The van der Waals surface area contributed by atoms with Crippen LogP contribution in [0.4, 0.5) is 0 Å². The van der Waals surface area contributed by atoms with Crippen molar-refractivity contribution in [1.82, 2.24) is 4.90 Å². The molecule has 0 saturated carbocycles. The van der Waals surface area contributed by atoms with Gasteiger partial charge < -0.3 is 31.1 Å². The van der Waals surface area contributed by atoms with Crippen molar-refractivity contribution < 1.29 is 39.6 Å². The van der Waals surface area contributed by atoms with E-state index in [1.807, 2.05) is 0 Å². The summed E-state index contributed by atoms with van der Waals surface area (Å²) < 4.78 is 0. The van der Waals surface area contributed by atoms with Crippen molar-refractivity contribution in [3.63, 3.8) is 0 Å². The summed E-state index contributed by atoms with van der Waals surface area (Å²) >= 11 is 0. The smallest absolute Gasteiger partial charge is 0.335 e. The highest BCUT2D eigenvalue weighted by Crippen LogP contribution is 2.03. The second-order valence-electron chi connectivity index (χ2n) is 4.98. The highest BCUT2D eigenvalue weighted by Gasteiger charge is 2.12. The molecule has 0 aliphatic heterocycles. The number of primary amides is 1. The van der Waals surface area contributed by atoms with Gasteiger partial charge in [0.2, 0.25) is 11.8 Å². The van der Waals surface area contributed by atoms with E-state index in [1.165, 1.54) is 29.2 Å². The monoisotopic (exact) mass is 370 g/mol. The van der Waals surface area contributed by atoms with E-state index in [-0.39, 0.29) is 56.2 Å². The number of rotatable bonds is 9. The standard InChI is InChI=1S/C8H16N2O4.C8H6O4/c9-7(13)1-2-8(14)10(3-5-11)4-6-12;9-7(10)5-1-2-6(4-3-5)8(11)12/h11-12H,1-6H2,(H2,9,13);1-4H,(H,9,10)(H,11,12). The van der Waals surface area contributed by atoms with Gasteiger partial charge in [-0.3, -0.25) is 9.59 Å². The number of carboxylic acids is 2. The quantitative estimate of drug-likeness (QED) is 0.373. The number of carboxylic acid groups (broad SMARTS) is 2. The Bertz CT molecular complexity index is 576. The zero-order valence-corrected chi connectivity index (χ0v) is 14.0. The SMILES string of the molecule is NC(=O)CCC(=O)N(CCO)CCO.O=C(O)c1ccc(C(=O)O)cc1. The van der Waals surface area contributed by atoms with Gasteiger partial charge in [0, 0.05) is 25.9 Å². The van der Waals surface area contributed by atoms with Crippen LogP contribution in [0.5, 0.6) is 0 Å². The lowest BCUT2D eigenvalue weighted by Gasteiger charge is -2.20. The average Bonchev–Trinajstić information content (AvgIpc) is 2.60. The summed E-state index contributed by atoms with van der Waals surface area (Å²) in [6.07, 6.45) is 0.0154. The maximum absolute atomic E-state index is 11.3. The van der Waals surface area contributed by atoms with Gasteiger partial charge in [0.15, 0.2) is 0 Å². The Kier molecular flexibility index (Phi) is 11.0. The molecule has 0 aliphatic rings. The summed E-state index contributed by atoms with van der Waals surface area (Å²) in [7, 11) is 0. The predicted molar refractivity (Wildman–Crippen MR) is 89.5 cm³/mol. The van der Waals surface area contributed by atoms with Crippen molar-refractivity contribution >= 4 is 23.8 Å². The molecule has 10 nitrogen and oxygen atoms in total. The van der Waals surface area contributed by atoms with Gasteiger partial charge in [0.1, 0.15) is 0 Å². The summed E-state index contributed by atoms with van der Waals surface area (Å²) in [4.78, 5) is 43.7. The van der Waals surface area contributed by atoms with Crippen LogP contribution in [-0.2, 0) is 9.59 Å². The molecule has 0 atom stereocenters. The Hall–Kier alpha value is -2.98. The number of aromatic carboxylic acids is 2. The number of amides is 2. The Morgan fingerprint density at radius 1 is 0.808 bits per heavy atom. The number of carbonyl (C=O) groups is 4. The first-order valence-electron chi connectivity index (χ1n) is 7.57. The van der Waals surface area contributed by atoms with Crippen molar-refractivity contribution in [2.75, 3.05) is 26.3 Å². The Morgan fingerprint density at radius 3 is 1.46 bits per heavy atom. The molecule has 10 heteroatoms. The van der Waals surface area contributed by atoms with Crippen LogP contribution in [0.3, 0.4) is 0 Å². The molecule has 1 aromatic rings. The number of carbonyl (C=O) groups excluding carboxylic acids is 2. The van der Waals surface area contributed by atoms with E-state index >= 15 is 0 Å². The van der Waals surface area contributed by atoms with Gasteiger partial charge in [0.05, 0.1) is 24.3 Å². The van der Waals surface area contributed by atoms with E-state index in [9.17, 15) is 19.2 Å². The third-order valence-electron chi connectivity index (χ3n) is 3.06. The number of aliphatic hydroxyl groups is 2. The topological polar surface area (TPSA) is 178 Å². The highest BCUT2D eigenvalue weighted by atomic mass is 16.4. The zero-order valence-electron chi connectivity index (χ0n) is 14.0. The molecular formula is C16H22N2O8. The molecule has 1 rings (SSSR count). The van der Waals surface area contributed by atoms with E-state index < -0.39 is 17.8 Å². The Balaban J connectivity index is 0.000000485. The molecule has 144 valence electrons. The molecule has 0 fully saturated rings. The van der Waals surface area contributed by atoms with Gasteiger partial charge >= 0.3 is 11.9 Å². The molecule has 0 spiro atoms. The maximum atomic E-state index is 11.3. The van der Waals surface area contributed by atoms with Gasteiger partial charge in [-0.05, 0) is 24.3 Å². The van der Waals surface area contributed by atoms with Gasteiger partial charge in [-0.25, -0.2) is 9.59 Å². The molecule has 26 heavy (non-hydrogen) atoms. The van der Waals surface area contributed by atoms with Crippen molar-refractivity contribution in [3.8, 4) is 0 Å². The summed E-state index contributed by atoms with van der Waals surface area (Å²) in [5.74, 6) is -2.95. The first kappa shape index (κ1) is 23.0. The van der Waals surface area contributed by atoms with E-state index in [2.05, 4.69) is 0 Å². The van der Waals surface area contributed by atoms with Crippen molar-refractivity contribution in [2.24, 2.45) is 5.73 Å². The second-order valence-corrected chi connectivity index (χ2v) is 4.98. The number of nitrogens with two attached hydrogens (primary N) is 1. The largest absolute Gasteiger partial charge is 0.478 e. The van der Waals surface area contributed by atoms with Gasteiger partial charge in [0.25, 0.3) is 0 Å². The highest BCUT2D eigenvalue weighted by molar-refractivity contribution is 5.91. The molecular weight excluding hydrogens is 348 g/mol. The van der Waals surface area contributed by atoms with Crippen LogP contribution in [0.25, 0.3) is 0 Å². The van der Waals surface area contributed by atoms with Crippen LogP contribution in [-0.4, -0.2) is 75.4 Å². The number of hydrogen-bond acceptors (Lipinski definition) is 6. The molecule has 0 unspecified atom stereocenters. The maximum Gasteiger partial charge on any atom is 0.335 e. The molecule has 0 radical (unpaired) electrons. The van der Waals surface area contributed by atoms with Crippen LogP contribution >= 0.6 is 0 Å². The zero-order chi connectivity index (χ0) is 20.1. The summed E-state index contributed by atoms with van der Waals surface area (Å²) in [5, 5.41) is 34.2. The van der Waals surface area contributed by atoms with Crippen LogP contribution in [0, 0.1) is 0 Å². The molecule has 1 aromatic carbocycles. The van der Waals surface area contributed by atoms with E-state index in [4.69, 9.17) is 26.2 Å². The molecule has 0 bridgehead atoms. The lowest BCUT2D eigenvalue weighted by molar-refractivity contribution is -0.134. The molecule has 2 amide bonds. The molecule has 0 aromatic heterocycles. The molecule has 0 saturated heterocycles.